The number of fused-ring (bicyclic) bond motifs is 1. The molecule has 2 aromatic heterocycles. The largest absolute Gasteiger partial charge is 0.380 e. The van der Waals surface area contributed by atoms with E-state index >= 15 is 0 Å². The second-order valence-corrected chi connectivity index (χ2v) is 6.94. The number of halogens is 2. The number of hydrogen-bond acceptors (Lipinski definition) is 6. The Morgan fingerprint density at radius 2 is 2.21 bits per heavy atom. The van der Waals surface area contributed by atoms with Crippen LogP contribution in [0.5, 0.6) is 0 Å². The molecule has 1 saturated carbocycles. The zero-order chi connectivity index (χ0) is 16.0. The smallest absolute Gasteiger partial charge is 0.268 e. The Balaban J connectivity index is 0.00000169. The van der Waals surface area contributed by atoms with Crippen LogP contribution in [0.4, 0.5) is 4.39 Å². The molecule has 2 heterocycles. The van der Waals surface area contributed by atoms with E-state index in [-0.39, 0.29) is 24.8 Å². The summed E-state index contributed by atoms with van der Waals surface area (Å²) in [6, 6.07) is 5.01. The summed E-state index contributed by atoms with van der Waals surface area (Å²) >= 11 is 1.42. The molecule has 4 rings (SSSR count). The fourth-order valence-electron chi connectivity index (χ4n) is 2.92. The molecule has 1 aliphatic carbocycles. The average Bonchev–Trinajstić information content (AvgIpc) is 3.11. The number of ether oxygens (including phenoxy) is 1. The van der Waals surface area contributed by atoms with Crippen LogP contribution >= 0.6 is 23.7 Å². The SMILES string of the molecule is COCc1c(-c2nc(C3(N)CCC3)no2)sc2cccc(F)c12.Cl. The van der Waals surface area contributed by atoms with Gasteiger partial charge in [0.05, 0.1) is 17.0 Å². The molecule has 0 aliphatic heterocycles. The molecule has 0 unspecified atom stereocenters. The van der Waals surface area contributed by atoms with Crippen molar-refractivity contribution in [3.05, 3.63) is 35.4 Å². The van der Waals surface area contributed by atoms with Gasteiger partial charge in [0.15, 0.2) is 5.82 Å². The summed E-state index contributed by atoms with van der Waals surface area (Å²) < 4.78 is 25.7. The standard InChI is InChI=1S/C16H16FN3O2S.ClH/c1-21-8-9-12-10(17)4-2-5-11(12)23-13(9)14-19-15(20-22-14)16(18)6-3-7-16;/h2,4-5H,3,6-8,18H2,1H3;1H. The van der Waals surface area contributed by atoms with Crippen LogP contribution in [0, 0.1) is 5.82 Å². The fourth-order valence-corrected chi connectivity index (χ4v) is 4.07. The first-order chi connectivity index (χ1) is 11.1. The van der Waals surface area contributed by atoms with Crippen molar-refractivity contribution in [1.82, 2.24) is 10.1 Å². The van der Waals surface area contributed by atoms with Gasteiger partial charge in [-0.1, -0.05) is 11.2 Å². The van der Waals surface area contributed by atoms with Crippen LogP contribution in [0.25, 0.3) is 20.9 Å². The summed E-state index contributed by atoms with van der Waals surface area (Å²) in [6.07, 6.45) is 2.79. The van der Waals surface area contributed by atoms with Gasteiger partial charge < -0.3 is 15.0 Å². The average molecular weight is 370 g/mol. The third-order valence-electron chi connectivity index (χ3n) is 4.36. The van der Waals surface area contributed by atoms with E-state index in [1.165, 1.54) is 17.4 Å². The number of thiophene rings is 1. The Bertz CT molecular complexity index is 875. The Labute approximate surface area is 148 Å². The van der Waals surface area contributed by atoms with Gasteiger partial charge in [-0.2, -0.15) is 4.98 Å². The number of benzene rings is 1. The molecule has 8 heteroatoms. The van der Waals surface area contributed by atoms with Crippen molar-refractivity contribution in [2.45, 2.75) is 31.4 Å². The van der Waals surface area contributed by atoms with Gasteiger partial charge in [0.1, 0.15) is 5.82 Å². The van der Waals surface area contributed by atoms with E-state index < -0.39 is 5.54 Å². The predicted octanol–water partition coefficient (Wildman–Crippen LogP) is 4.00. The summed E-state index contributed by atoms with van der Waals surface area (Å²) in [6.45, 7) is 0.280. The van der Waals surface area contributed by atoms with Gasteiger partial charge >= 0.3 is 0 Å². The van der Waals surface area contributed by atoms with E-state index in [2.05, 4.69) is 10.1 Å². The summed E-state index contributed by atoms with van der Waals surface area (Å²) in [5, 5.41) is 4.60. The summed E-state index contributed by atoms with van der Waals surface area (Å²) in [5.41, 5.74) is 6.50. The molecule has 0 atom stereocenters. The second-order valence-electron chi connectivity index (χ2n) is 5.89. The van der Waals surface area contributed by atoms with E-state index in [1.54, 1.807) is 13.2 Å². The van der Waals surface area contributed by atoms with Crippen LogP contribution in [0.15, 0.2) is 22.7 Å². The summed E-state index contributed by atoms with van der Waals surface area (Å²) in [4.78, 5) is 5.22. The van der Waals surface area contributed by atoms with Crippen molar-refractivity contribution in [2.24, 2.45) is 5.73 Å². The normalized spacial score (nSPS) is 16.0. The zero-order valence-corrected chi connectivity index (χ0v) is 14.7. The third kappa shape index (κ3) is 2.61. The first kappa shape index (κ1) is 17.3. The molecule has 1 fully saturated rings. The lowest BCUT2D eigenvalue weighted by Crippen LogP contribution is -2.44. The maximum atomic E-state index is 14.2. The van der Waals surface area contributed by atoms with Gasteiger partial charge in [0.2, 0.25) is 0 Å². The number of nitrogens with two attached hydrogens (primary N) is 1. The molecule has 0 spiro atoms. The molecule has 2 N–H and O–H groups in total. The van der Waals surface area contributed by atoms with Crippen molar-refractivity contribution in [2.75, 3.05) is 7.11 Å². The molecule has 0 saturated heterocycles. The van der Waals surface area contributed by atoms with Crippen molar-refractivity contribution >= 4 is 33.8 Å². The van der Waals surface area contributed by atoms with Crippen LogP contribution in [-0.2, 0) is 16.9 Å². The number of nitrogens with zero attached hydrogens (tertiary/aromatic N) is 2. The maximum Gasteiger partial charge on any atom is 0.268 e. The molecule has 0 amide bonds. The Kier molecular flexibility index (Phi) is 4.61. The molecule has 24 heavy (non-hydrogen) atoms. The zero-order valence-electron chi connectivity index (χ0n) is 13.0. The van der Waals surface area contributed by atoms with E-state index in [9.17, 15) is 4.39 Å². The van der Waals surface area contributed by atoms with Crippen molar-refractivity contribution < 1.29 is 13.7 Å². The molecule has 3 aromatic rings. The Morgan fingerprint density at radius 3 is 2.88 bits per heavy atom. The highest BCUT2D eigenvalue weighted by Gasteiger charge is 2.39. The highest BCUT2D eigenvalue weighted by Crippen LogP contribution is 2.42. The minimum atomic E-state index is -0.481. The number of aromatic nitrogens is 2. The van der Waals surface area contributed by atoms with Gasteiger partial charge in [-0.15, -0.1) is 23.7 Å². The number of hydrogen-bond donors (Lipinski definition) is 1. The van der Waals surface area contributed by atoms with Crippen LogP contribution < -0.4 is 5.73 Å². The summed E-state index contributed by atoms with van der Waals surface area (Å²) in [7, 11) is 1.58. The molecule has 1 aliphatic rings. The topological polar surface area (TPSA) is 74.2 Å². The van der Waals surface area contributed by atoms with Crippen molar-refractivity contribution in [1.29, 1.82) is 0 Å². The molecular weight excluding hydrogens is 353 g/mol. The lowest BCUT2D eigenvalue weighted by molar-refractivity contribution is 0.186. The van der Waals surface area contributed by atoms with Crippen LogP contribution in [0.1, 0.15) is 30.7 Å². The quantitative estimate of drug-likeness (QED) is 0.752. The van der Waals surface area contributed by atoms with Gasteiger partial charge in [-0.25, -0.2) is 4.39 Å². The number of methoxy groups -OCH3 is 1. The first-order valence-corrected chi connectivity index (χ1v) is 8.26. The molecule has 0 bridgehead atoms. The minimum Gasteiger partial charge on any atom is -0.380 e. The van der Waals surface area contributed by atoms with E-state index in [1.807, 2.05) is 6.07 Å². The number of rotatable bonds is 4. The van der Waals surface area contributed by atoms with Crippen molar-refractivity contribution in [3.8, 4) is 10.8 Å². The molecule has 0 radical (unpaired) electrons. The van der Waals surface area contributed by atoms with Crippen LogP contribution in [0.3, 0.4) is 0 Å². The monoisotopic (exact) mass is 369 g/mol. The minimum absolute atomic E-state index is 0. The third-order valence-corrected chi connectivity index (χ3v) is 5.55. The Hall–Kier alpha value is -1.54. The van der Waals surface area contributed by atoms with Crippen LogP contribution in [-0.4, -0.2) is 17.3 Å². The second kappa shape index (κ2) is 6.40. The van der Waals surface area contributed by atoms with E-state index in [4.69, 9.17) is 15.0 Å². The van der Waals surface area contributed by atoms with Gasteiger partial charge in [-0.05, 0) is 31.4 Å². The van der Waals surface area contributed by atoms with Gasteiger partial charge in [0, 0.05) is 22.8 Å². The highest BCUT2D eigenvalue weighted by atomic mass is 35.5. The van der Waals surface area contributed by atoms with Crippen molar-refractivity contribution in [3.63, 3.8) is 0 Å². The predicted molar refractivity (Wildman–Crippen MR) is 92.8 cm³/mol. The Morgan fingerprint density at radius 1 is 1.42 bits per heavy atom. The van der Waals surface area contributed by atoms with Crippen LogP contribution in [0.2, 0.25) is 0 Å². The first-order valence-electron chi connectivity index (χ1n) is 7.45. The molecular formula is C16H17ClFN3O2S. The molecule has 5 nitrogen and oxygen atoms in total. The van der Waals surface area contributed by atoms with Gasteiger partial charge in [0.25, 0.3) is 5.89 Å². The van der Waals surface area contributed by atoms with E-state index in [0.29, 0.717) is 17.1 Å². The van der Waals surface area contributed by atoms with E-state index in [0.717, 1.165) is 34.4 Å². The fraction of sp³-hybridized carbons (Fsp3) is 0.375. The van der Waals surface area contributed by atoms with Gasteiger partial charge in [-0.3, -0.25) is 0 Å². The molecule has 1 aromatic carbocycles. The lowest BCUT2D eigenvalue weighted by Gasteiger charge is -2.34. The summed E-state index contributed by atoms with van der Waals surface area (Å²) in [5.74, 6) is 0.635. The highest BCUT2D eigenvalue weighted by molar-refractivity contribution is 7.22. The molecule has 128 valence electrons. The maximum absolute atomic E-state index is 14.2. The lowest BCUT2D eigenvalue weighted by atomic mass is 9.77.